The van der Waals surface area contributed by atoms with E-state index in [1.165, 1.54) is 17.4 Å². The van der Waals surface area contributed by atoms with Gasteiger partial charge in [-0.25, -0.2) is 9.37 Å². The second kappa shape index (κ2) is 8.00. The van der Waals surface area contributed by atoms with Crippen molar-refractivity contribution in [2.45, 2.75) is 40.7 Å². The largest absolute Gasteiger partial charge is 0.302 e. The van der Waals surface area contributed by atoms with Crippen LogP contribution in [0.1, 0.15) is 34.3 Å². The molecule has 1 amide bonds. The molecule has 1 N–H and O–H groups in total. The van der Waals surface area contributed by atoms with Gasteiger partial charge in [0.2, 0.25) is 5.91 Å². The zero-order chi connectivity index (χ0) is 19.6. The van der Waals surface area contributed by atoms with Gasteiger partial charge >= 0.3 is 0 Å². The fourth-order valence-corrected chi connectivity index (χ4v) is 3.65. The summed E-state index contributed by atoms with van der Waals surface area (Å²) in [6.07, 6.45) is 2.14. The molecule has 1 atom stereocenters. The molecule has 0 saturated heterocycles. The third-order valence-corrected chi connectivity index (χ3v) is 5.66. The molecule has 0 aliphatic carbocycles. The Morgan fingerprint density at radius 2 is 2.04 bits per heavy atom. The maximum atomic E-state index is 13.8. The van der Waals surface area contributed by atoms with Gasteiger partial charge in [0.25, 0.3) is 0 Å². The average molecular weight is 386 g/mol. The third-order valence-electron chi connectivity index (χ3n) is 4.74. The van der Waals surface area contributed by atoms with Crippen molar-refractivity contribution in [3.8, 4) is 0 Å². The van der Waals surface area contributed by atoms with Crippen molar-refractivity contribution in [3.05, 3.63) is 63.7 Å². The molecule has 0 bridgehead atoms. The maximum absolute atomic E-state index is 13.8. The zero-order valence-electron chi connectivity index (χ0n) is 15.9. The lowest BCUT2D eigenvalue weighted by Crippen LogP contribution is -2.25. The van der Waals surface area contributed by atoms with E-state index in [1.54, 1.807) is 18.3 Å². The van der Waals surface area contributed by atoms with E-state index in [4.69, 9.17) is 0 Å². The second-order valence-electron chi connectivity index (χ2n) is 6.77. The number of amides is 1. The van der Waals surface area contributed by atoms with Gasteiger partial charge in [0.15, 0.2) is 5.13 Å². The first kappa shape index (κ1) is 19.2. The monoisotopic (exact) mass is 386 g/mol. The molecular weight excluding hydrogens is 363 g/mol. The number of nitrogens with zero attached hydrogens (tertiary/aromatic N) is 3. The predicted molar refractivity (Wildman–Crippen MR) is 106 cm³/mol. The van der Waals surface area contributed by atoms with Crippen molar-refractivity contribution in [2.75, 3.05) is 5.32 Å². The number of hydrogen-bond acceptors (Lipinski definition) is 4. The molecule has 2 aromatic heterocycles. The number of benzene rings is 1. The minimum atomic E-state index is -0.249. The predicted octanol–water partition coefficient (Wildman–Crippen LogP) is 4.27. The van der Waals surface area contributed by atoms with Crippen molar-refractivity contribution in [1.82, 2.24) is 14.8 Å². The standard InChI is InChI=1S/C20H23FN4OS/c1-12(11-25-15(4)13(2)14(3)24-25)19(26)23-20-22-10-17(27-20)9-16-7-5-6-8-18(16)21/h5-8,10,12H,9,11H2,1-4H3,(H,22,23,26)/t12-/m0/s1. The van der Waals surface area contributed by atoms with Gasteiger partial charge in [-0.1, -0.05) is 25.1 Å². The molecule has 2 heterocycles. The Kier molecular flexibility index (Phi) is 5.70. The number of hydrogen-bond donors (Lipinski definition) is 1. The first-order valence-electron chi connectivity index (χ1n) is 8.84. The molecule has 0 aliphatic rings. The number of halogens is 1. The molecule has 27 heavy (non-hydrogen) atoms. The molecule has 0 aliphatic heterocycles. The fourth-order valence-electron chi connectivity index (χ4n) is 2.81. The first-order chi connectivity index (χ1) is 12.8. The molecule has 0 fully saturated rings. The van der Waals surface area contributed by atoms with Gasteiger partial charge in [-0.15, -0.1) is 11.3 Å². The number of anilines is 1. The van der Waals surface area contributed by atoms with Gasteiger partial charge in [-0.05, 0) is 38.0 Å². The molecule has 1 aromatic carbocycles. The summed E-state index contributed by atoms with van der Waals surface area (Å²) in [6.45, 7) is 8.40. The first-order valence-corrected chi connectivity index (χ1v) is 9.66. The van der Waals surface area contributed by atoms with Gasteiger partial charge in [-0.2, -0.15) is 5.10 Å². The van der Waals surface area contributed by atoms with Crippen molar-refractivity contribution >= 4 is 22.4 Å². The molecule has 0 radical (unpaired) electrons. The highest BCUT2D eigenvalue weighted by Gasteiger charge is 2.18. The van der Waals surface area contributed by atoms with E-state index >= 15 is 0 Å². The van der Waals surface area contributed by atoms with Crippen LogP contribution >= 0.6 is 11.3 Å². The van der Waals surface area contributed by atoms with Crippen LogP contribution in [0.3, 0.4) is 0 Å². The van der Waals surface area contributed by atoms with Crippen LogP contribution in [0.4, 0.5) is 9.52 Å². The molecule has 0 saturated carbocycles. The average Bonchev–Trinajstić information content (AvgIpc) is 3.17. The number of aryl methyl sites for hydroxylation is 1. The number of carbonyl (C=O) groups excluding carboxylic acids is 1. The molecular formula is C20H23FN4OS. The summed E-state index contributed by atoms with van der Waals surface area (Å²) in [5.41, 5.74) is 3.83. The Bertz CT molecular complexity index is 963. The molecule has 3 aromatic rings. The van der Waals surface area contributed by atoms with Crippen LogP contribution in [0.15, 0.2) is 30.5 Å². The SMILES string of the molecule is Cc1nn(C[C@H](C)C(=O)Nc2ncc(Cc3ccccc3F)s2)c(C)c1C. The van der Waals surface area contributed by atoms with E-state index < -0.39 is 0 Å². The summed E-state index contributed by atoms with van der Waals surface area (Å²) in [6, 6.07) is 6.68. The van der Waals surface area contributed by atoms with Crippen molar-refractivity contribution < 1.29 is 9.18 Å². The van der Waals surface area contributed by atoms with Crippen LogP contribution in [0.25, 0.3) is 0 Å². The number of carbonyl (C=O) groups is 1. The molecule has 5 nitrogen and oxygen atoms in total. The topological polar surface area (TPSA) is 59.8 Å². The highest BCUT2D eigenvalue weighted by molar-refractivity contribution is 7.15. The Morgan fingerprint density at radius 3 is 2.70 bits per heavy atom. The van der Waals surface area contributed by atoms with Crippen LogP contribution in [0, 0.1) is 32.5 Å². The summed E-state index contributed by atoms with van der Waals surface area (Å²) >= 11 is 1.37. The van der Waals surface area contributed by atoms with Crippen molar-refractivity contribution in [1.29, 1.82) is 0 Å². The summed E-state index contributed by atoms with van der Waals surface area (Å²) in [5.74, 6) is -0.585. The molecule has 7 heteroatoms. The van der Waals surface area contributed by atoms with E-state index in [0.29, 0.717) is 23.7 Å². The minimum Gasteiger partial charge on any atom is -0.302 e. The summed E-state index contributed by atoms with van der Waals surface area (Å²) in [7, 11) is 0. The Morgan fingerprint density at radius 1 is 1.30 bits per heavy atom. The Balaban J connectivity index is 1.61. The minimum absolute atomic E-state index is 0.105. The molecule has 142 valence electrons. The van der Waals surface area contributed by atoms with Gasteiger partial charge in [0, 0.05) is 23.2 Å². The zero-order valence-corrected chi connectivity index (χ0v) is 16.7. The van der Waals surface area contributed by atoms with Crippen LogP contribution in [0.5, 0.6) is 0 Å². The normalized spacial score (nSPS) is 12.2. The Labute approximate surface area is 162 Å². The summed E-state index contributed by atoms with van der Waals surface area (Å²) in [4.78, 5) is 17.6. The van der Waals surface area contributed by atoms with E-state index in [-0.39, 0.29) is 17.6 Å². The van der Waals surface area contributed by atoms with Crippen LogP contribution in [-0.2, 0) is 17.8 Å². The van der Waals surface area contributed by atoms with Crippen LogP contribution in [-0.4, -0.2) is 20.7 Å². The maximum Gasteiger partial charge on any atom is 0.230 e. The van der Waals surface area contributed by atoms with Crippen LogP contribution < -0.4 is 5.32 Å². The number of nitrogens with one attached hydrogen (secondary N) is 1. The lowest BCUT2D eigenvalue weighted by Gasteiger charge is -2.12. The lowest BCUT2D eigenvalue weighted by molar-refractivity contribution is -0.119. The van der Waals surface area contributed by atoms with Gasteiger partial charge < -0.3 is 5.32 Å². The fraction of sp³-hybridized carbons (Fsp3) is 0.350. The quantitative estimate of drug-likeness (QED) is 0.688. The number of thiazole rings is 1. The molecule has 0 spiro atoms. The Hall–Kier alpha value is -2.54. The van der Waals surface area contributed by atoms with E-state index in [1.807, 2.05) is 38.4 Å². The summed E-state index contributed by atoms with van der Waals surface area (Å²) < 4.78 is 15.6. The van der Waals surface area contributed by atoms with E-state index in [9.17, 15) is 9.18 Å². The van der Waals surface area contributed by atoms with E-state index in [2.05, 4.69) is 15.4 Å². The second-order valence-corrected chi connectivity index (χ2v) is 7.88. The van der Waals surface area contributed by atoms with Crippen molar-refractivity contribution in [3.63, 3.8) is 0 Å². The molecule has 3 rings (SSSR count). The summed E-state index contributed by atoms with van der Waals surface area (Å²) in [5, 5.41) is 7.87. The highest BCUT2D eigenvalue weighted by atomic mass is 32.1. The third kappa shape index (κ3) is 4.42. The van der Waals surface area contributed by atoms with Gasteiger partial charge in [0.1, 0.15) is 5.82 Å². The van der Waals surface area contributed by atoms with E-state index in [0.717, 1.165) is 21.8 Å². The highest BCUT2D eigenvalue weighted by Crippen LogP contribution is 2.23. The van der Waals surface area contributed by atoms with Crippen LogP contribution in [0.2, 0.25) is 0 Å². The van der Waals surface area contributed by atoms with Crippen molar-refractivity contribution in [2.24, 2.45) is 5.92 Å². The van der Waals surface area contributed by atoms with Gasteiger partial charge in [-0.3, -0.25) is 9.48 Å². The number of rotatable bonds is 6. The lowest BCUT2D eigenvalue weighted by atomic mass is 10.1. The number of aromatic nitrogens is 3. The smallest absolute Gasteiger partial charge is 0.230 e. The van der Waals surface area contributed by atoms with Gasteiger partial charge in [0.05, 0.1) is 18.2 Å². The molecule has 0 unspecified atom stereocenters.